The van der Waals surface area contributed by atoms with Crippen molar-refractivity contribution in [3.8, 4) is 17.2 Å². The first-order valence-electron chi connectivity index (χ1n) is 6.99. The van der Waals surface area contributed by atoms with Crippen molar-refractivity contribution >= 4 is 0 Å². The van der Waals surface area contributed by atoms with E-state index < -0.39 is 0 Å². The average Bonchev–Trinajstić information content (AvgIpc) is 2.47. The smallest absolute Gasteiger partial charge is 0.124 e. The Bertz CT molecular complexity index is 598. The van der Waals surface area contributed by atoms with Crippen molar-refractivity contribution in [3.63, 3.8) is 0 Å². The molecule has 0 saturated heterocycles. The number of methoxy groups -OCH3 is 1. The highest BCUT2D eigenvalue weighted by molar-refractivity contribution is 5.40. The average molecular weight is 287 g/mol. The number of rotatable bonds is 6. The Morgan fingerprint density at radius 3 is 2.62 bits per heavy atom. The maximum absolute atomic E-state index is 9.84. The monoisotopic (exact) mass is 287 g/mol. The van der Waals surface area contributed by atoms with Crippen LogP contribution in [0, 0.1) is 0 Å². The fourth-order valence-electron chi connectivity index (χ4n) is 2.34. The third-order valence-corrected chi connectivity index (χ3v) is 3.52. The summed E-state index contributed by atoms with van der Waals surface area (Å²) in [7, 11) is 1.67. The molecule has 0 aliphatic heterocycles. The first-order valence-corrected chi connectivity index (χ1v) is 6.99. The molecule has 0 spiro atoms. The minimum atomic E-state index is 0.000284. The van der Waals surface area contributed by atoms with Crippen LogP contribution < -0.4 is 10.1 Å². The Labute approximate surface area is 125 Å². The second-order valence-corrected chi connectivity index (χ2v) is 4.98. The van der Waals surface area contributed by atoms with Gasteiger partial charge in [0.1, 0.15) is 17.2 Å². The van der Waals surface area contributed by atoms with Gasteiger partial charge in [-0.3, -0.25) is 0 Å². The lowest BCUT2D eigenvalue weighted by atomic mass is 10.1. The SMILES string of the molecule is COc1ccccc1CCNC(C)c1ccc(O)cc1O. The number of para-hydroxylation sites is 1. The molecule has 4 heteroatoms. The maximum atomic E-state index is 9.84. The molecule has 0 heterocycles. The van der Waals surface area contributed by atoms with Crippen LogP contribution in [0.4, 0.5) is 0 Å². The molecule has 0 aromatic heterocycles. The van der Waals surface area contributed by atoms with Gasteiger partial charge < -0.3 is 20.3 Å². The van der Waals surface area contributed by atoms with Crippen molar-refractivity contribution in [2.24, 2.45) is 0 Å². The molecular weight excluding hydrogens is 266 g/mol. The number of aromatic hydroxyl groups is 2. The lowest BCUT2D eigenvalue weighted by Crippen LogP contribution is -2.21. The Morgan fingerprint density at radius 1 is 1.14 bits per heavy atom. The van der Waals surface area contributed by atoms with Crippen molar-refractivity contribution < 1.29 is 14.9 Å². The topological polar surface area (TPSA) is 61.7 Å². The summed E-state index contributed by atoms with van der Waals surface area (Å²) in [4.78, 5) is 0. The van der Waals surface area contributed by atoms with E-state index in [1.165, 1.54) is 6.07 Å². The number of hydrogen-bond donors (Lipinski definition) is 3. The van der Waals surface area contributed by atoms with Crippen LogP contribution in [-0.4, -0.2) is 23.9 Å². The molecule has 0 aliphatic carbocycles. The molecule has 21 heavy (non-hydrogen) atoms. The van der Waals surface area contributed by atoms with E-state index in [-0.39, 0.29) is 17.5 Å². The first-order chi connectivity index (χ1) is 10.1. The molecule has 1 atom stereocenters. The molecular formula is C17H21NO3. The molecule has 0 bridgehead atoms. The number of hydrogen-bond acceptors (Lipinski definition) is 4. The minimum absolute atomic E-state index is 0.000284. The molecule has 1 unspecified atom stereocenters. The zero-order valence-electron chi connectivity index (χ0n) is 12.3. The maximum Gasteiger partial charge on any atom is 0.124 e. The highest BCUT2D eigenvalue weighted by Gasteiger charge is 2.10. The highest BCUT2D eigenvalue weighted by atomic mass is 16.5. The van der Waals surface area contributed by atoms with Crippen LogP contribution >= 0.6 is 0 Å². The zero-order valence-corrected chi connectivity index (χ0v) is 12.3. The molecule has 3 N–H and O–H groups in total. The zero-order chi connectivity index (χ0) is 15.2. The first kappa shape index (κ1) is 15.2. The molecule has 2 aromatic carbocycles. The highest BCUT2D eigenvalue weighted by Crippen LogP contribution is 2.27. The van der Waals surface area contributed by atoms with Gasteiger partial charge in [0.2, 0.25) is 0 Å². The largest absolute Gasteiger partial charge is 0.508 e. The third kappa shape index (κ3) is 3.89. The van der Waals surface area contributed by atoms with Crippen LogP contribution in [0.15, 0.2) is 42.5 Å². The quantitative estimate of drug-likeness (QED) is 0.764. The van der Waals surface area contributed by atoms with Crippen molar-refractivity contribution in [2.45, 2.75) is 19.4 Å². The summed E-state index contributed by atoms with van der Waals surface area (Å²) in [5.41, 5.74) is 1.92. The molecule has 2 rings (SSSR count). The van der Waals surface area contributed by atoms with Gasteiger partial charge in [0, 0.05) is 17.7 Å². The summed E-state index contributed by atoms with van der Waals surface area (Å²) in [6.45, 7) is 2.75. The lowest BCUT2D eigenvalue weighted by Gasteiger charge is -2.16. The van der Waals surface area contributed by atoms with Crippen molar-refractivity contribution in [2.75, 3.05) is 13.7 Å². The van der Waals surface area contributed by atoms with E-state index in [2.05, 4.69) is 5.32 Å². The number of benzene rings is 2. The summed E-state index contributed by atoms with van der Waals surface area (Å²) < 4.78 is 5.32. The van der Waals surface area contributed by atoms with E-state index in [1.807, 2.05) is 31.2 Å². The molecule has 0 amide bonds. The molecule has 0 aliphatic rings. The summed E-state index contributed by atoms with van der Waals surface area (Å²) in [5, 5.41) is 22.5. The van der Waals surface area contributed by atoms with Gasteiger partial charge >= 0.3 is 0 Å². The van der Waals surface area contributed by atoms with E-state index >= 15 is 0 Å². The fourth-order valence-corrected chi connectivity index (χ4v) is 2.34. The standard InChI is InChI=1S/C17H21NO3/c1-12(15-8-7-14(19)11-16(15)20)18-10-9-13-5-3-4-6-17(13)21-2/h3-8,11-12,18-20H,9-10H2,1-2H3. The molecule has 0 saturated carbocycles. The van der Waals surface area contributed by atoms with E-state index in [1.54, 1.807) is 19.2 Å². The molecule has 0 radical (unpaired) electrons. The Kier molecular flexibility index (Phi) is 5.06. The van der Waals surface area contributed by atoms with Gasteiger partial charge in [0.05, 0.1) is 7.11 Å². The second-order valence-electron chi connectivity index (χ2n) is 4.98. The fraction of sp³-hybridized carbons (Fsp3) is 0.294. The Balaban J connectivity index is 1.93. The van der Waals surface area contributed by atoms with Gasteiger partial charge in [0.25, 0.3) is 0 Å². The molecule has 2 aromatic rings. The van der Waals surface area contributed by atoms with Crippen LogP contribution in [0.5, 0.6) is 17.2 Å². The van der Waals surface area contributed by atoms with Gasteiger partial charge in [0.15, 0.2) is 0 Å². The normalized spacial score (nSPS) is 12.1. The van der Waals surface area contributed by atoms with E-state index in [4.69, 9.17) is 4.74 Å². The van der Waals surface area contributed by atoms with E-state index in [9.17, 15) is 10.2 Å². The van der Waals surface area contributed by atoms with E-state index in [0.717, 1.165) is 29.8 Å². The summed E-state index contributed by atoms with van der Waals surface area (Å²) in [6.07, 6.45) is 0.840. The number of phenolic OH excluding ortho intramolecular Hbond substituents is 2. The summed E-state index contributed by atoms with van der Waals surface area (Å²) >= 11 is 0. The van der Waals surface area contributed by atoms with Crippen LogP contribution in [0.1, 0.15) is 24.1 Å². The van der Waals surface area contributed by atoms with Crippen molar-refractivity contribution in [1.29, 1.82) is 0 Å². The lowest BCUT2D eigenvalue weighted by molar-refractivity contribution is 0.408. The summed E-state index contributed by atoms with van der Waals surface area (Å²) in [6, 6.07) is 12.6. The molecule has 0 fully saturated rings. The van der Waals surface area contributed by atoms with Crippen molar-refractivity contribution in [1.82, 2.24) is 5.32 Å². The number of phenols is 2. The van der Waals surface area contributed by atoms with Gasteiger partial charge in [-0.25, -0.2) is 0 Å². The third-order valence-electron chi connectivity index (χ3n) is 3.52. The van der Waals surface area contributed by atoms with Crippen molar-refractivity contribution in [3.05, 3.63) is 53.6 Å². The van der Waals surface area contributed by atoms with Gasteiger partial charge in [-0.1, -0.05) is 24.3 Å². The van der Waals surface area contributed by atoms with Crippen LogP contribution in [0.3, 0.4) is 0 Å². The second kappa shape index (κ2) is 6.99. The molecule has 4 nitrogen and oxygen atoms in total. The van der Waals surface area contributed by atoms with Crippen LogP contribution in [-0.2, 0) is 6.42 Å². The minimum Gasteiger partial charge on any atom is -0.508 e. The van der Waals surface area contributed by atoms with Gasteiger partial charge in [-0.2, -0.15) is 0 Å². The van der Waals surface area contributed by atoms with E-state index in [0.29, 0.717) is 0 Å². The molecule has 112 valence electrons. The summed E-state index contributed by atoms with van der Waals surface area (Å²) in [5.74, 6) is 1.06. The van der Waals surface area contributed by atoms with Gasteiger partial charge in [-0.15, -0.1) is 0 Å². The predicted octanol–water partition coefficient (Wildman–Crippen LogP) is 3.00. The number of ether oxygens (including phenoxy) is 1. The van der Waals surface area contributed by atoms with Gasteiger partial charge in [-0.05, 0) is 37.6 Å². The van der Waals surface area contributed by atoms with Crippen LogP contribution in [0.2, 0.25) is 0 Å². The number of nitrogens with one attached hydrogen (secondary N) is 1. The Morgan fingerprint density at radius 2 is 1.90 bits per heavy atom. The van der Waals surface area contributed by atoms with Crippen LogP contribution in [0.25, 0.3) is 0 Å². The Hall–Kier alpha value is -2.20. The predicted molar refractivity (Wildman–Crippen MR) is 82.9 cm³/mol.